The van der Waals surface area contributed by atoms with Crippen LogP contribution in [0.15, 0.2) is 58.3 Å². The number of nitro benzene ring substituents is 1. The highest BCUT2D eigenvalue weighted by molar-refractivity contribution is 7.99. The Balaban J connectivity index is 1.61. The number of benzene rings is 2. The summed E-state index contributed by atoms with van der Waals surface area (Å²) in [5, 5.41) is 18.1. The molecule has 3 N–H and O–H groups in total. The zero-order valence-corrected chi connectivity index (χ0v) is 24.4. The second-order valence-electron chi connectivity index (χ2n) is 9.84. The molecule has 1 aliphatic rings. The van der Waals surface area contributed by atoms with Gasteiger partial charge in [0.15, 0.2) is 0 Å². The van der Waals surface area contributed by atoms with Gasteiger partial charge in [-0.1, -0.05) is 18.2 Å². The van der Waals surface area contributed by atoms with Crippen LogP contribution in [0.3, 0.4) is 0 Å². The molecular formula is C26H30F3N7O4S2. The number of alkyl halides is 3. The number of sulfonamides is 1. The molecule has 2 aromatic carbocycles. The number of nitrogens with one attached hydrogen (secondary N) is 3. The van der Waals surface area contributed by atoms with Crippen LogP contribution in [-0.2, 0) is 29.2 Å². The van der Waals surface area contributed by atoms with E-state index in [1.54, 1.807) is 11.8 Å². The Kier molecular flexibility index (Phi) is 9.91. The van der Waals surface area contributed by atoms with Gasteiger partial charge < -0.3 is 15.5 Å². The van der Waals surface area contributed by atoms with Crippen molar-refractivity contribution in [2.75, 3.05) is 43.0 Å². The third kappa shape index (κ3) is 8.08. The molecule has 11 nitrogen and oxygen atoms in total. The van der Waals surface area contributed by atoms with E-state index in [0.717, 1.165) is 11.0 Å². The van der Waals surface area contributed by atoms with E-state index in [-0.39, 0.29) is 36.0 Å². The number of hydrogen-bond acceptors (Lipinski definition) is 10. The lowest BCUT2D eigenvalue weighted by molar-refractivity contribution is -0.384. The largest absolute Gasteiger partial charge is 0.451 e. The Morgan fingerprint density at radius 2 is 1.90 bits per heavy atom. The van der Waals surface area contributed by atoms with Gasteiger partial charge in [-0.05, 0) is 64.3 Å². The van der Waals surface area contributed by atoms with Crippen LogP contribution in [0, 0.1) is 10.1 Å². The van der Waals surface area contributed by atoms with Crippen molar-refractivity contribution in [2.45, 2.75) is 41.4 Å². The monoisotopic (exact) mass is 625 g/mol. The maximum Gasteiger partial charge on any atom is 0.451 e. The first kappa shape index (κ1) is 31.5. The zero-order chi connectivity index (χ0) is 30.5. The van der Waals surface area contributed by atoms with Crippen LogP contribution >= 0.6 is 11.8 Å². The highest BCUT2D eigenvalue weighted by Gasteiger charge is 2.37. The molecule has 16 heteroatoms. The minimum absolute atomic E-state index is 0.0129. The van der Waals surface area contributed by atoms with E-state index in [2.05, 4.69) is 25.3 Å². The Hall–Kier alpha value is -3.47. The van der Waals surface area contributed by atoms with Crippen LogP contribution < -0.4 is 15.4 Å². The number of hydrogen-bond donors (Lipinski definition) is 3. The SMILES string of the molecule is CN(C)CC[C@H](CSc1ccccc1)Nc1ccc(S(=O)(=O)Nc2nc(C(F)(F)F)nc3c2CCNC3)cc1[N+](=O)[O-]. The molecule has 0 saturated heterocycles. The van der Waals surface area contributed by atoms with Crippen LogP contribution in [0.25, 0.3) is 0 Å². The van der Waals surface area contributed by atoms with Gasteiger partial charge >= 0.3 is 6.18 Å². The summed E-state index contributed by atoms with van der Waals surface area (Å²) in [6.45, 7) is 1.11. The minimum atomic E-state index is -4.90. The average Bonchev–Trinajstić information content (AvgIpc) is 2.94. The molecule has 1 atom stereocenters. The van der Waals surface area contributed by atoms with E-state index in [1.165, 1.54) is 12.1 Å². The molecule has 0 fully saturated rings. The quantitative estimate of drug-likeness (QED) is 0.151. The Morgan fingerprint density at radius 1 is 1.17 bits per heavy atom. The third-order valence-corrected chi connectivity index (χ3v) is 8.89. The first-order chi connectivity index (χ1) is 19.8. The normalized spacial score (nSPS) is 14.3. The van der Waals surface area contributed by atoms with Crippen molar-refractivity contribution >= 4 is 39.0 Å². The Morgan fingerprint density at radius 3 is 2.57 bits per heavy atom. The third-order valence-electron chi connectivity index (χ3n) is 6.38. The number of aromatic nitrogens is 2. The van der Waals surface area contributed by atoms with Crippen molar-refractivity contribution in [3.8, 4) is 0 Å². The summed E-state index contributed by atoms with van der Waals surface area (Å²) in [6, 6.07) is 12.8. The average molecular weight is 626 g/mol. The lowest BCUT2D eigenvalue weighted by atomic mass is 10.1. The van der Waals surface area contributed by atoms with Gasteiger partial charge in [-0.2, -0.15) is 13.2 Å². The van der Waals surface area contributed by atoms with Crippen molar-refractivity contribution in [3.63, 3.8) is 0 Å². The van der Waals surface area contributed by atoms with Crippen molar-refractivity contribution in [3.05, 3.63) is 75.7 Å². The van der Waals surface area contributed by atoms with Gasteiger partial charge in [0.1, 0.15) is 11.5 Å². The number of rotatable bonds is 12. The van der Waals surface area contributed by atoms with Gasteiger partial charge in [0.2, 0.25) is 5.82 Å². The molecule has 3 aromatic rings. The maximum absolute atomic E-state index is 13.4. The van der Waals surface area contributed by atoms with E-state index in [0.29, 0.717) is 25.3 Å². The number of halogens is 3. The van der Waals surface area contributed by atoms with Gasteiger partial charge in [-0.15, -0.1) is 11.8 Å². The molecule has 2 heterocycles. The van der Waals surface area contributed by atoms with Gasteiger partial charge in [0.05, 0.1) is 15.5 Å². The van der Waals surface area contributed by atoms with E-state index in [1.807, 2.05) is 49.3 Å². The van der Waals surface area contributed by atoms with Gasteiger partial charge in [0.25, 0.3) is 15.7 Å². The topological polar surface area (TPSA) is 142 Å². The maximum atomic E-state index is 13.4. The standard InChI is InChI=1S/C26H30F3N7O4S2/c1-35(2)13-11-17(16-41-18-6-4-3-5-7-18)31-21-9-8-19(14-23(21)36(37)38)42(39,40)34-24-20-10-12-30-15-22(20)32-25(33-24)26(27,28)29/h3-9,14,17,30-31H,10-13,15-16H2,1-2H3,(H,32,33,34)/t17-/m1/s1. The highest BCUT2D eigenvalue weighted by Crippen LogP contribution is 2.33. The predicted octanol–water partition coefficient (Wildman–Crippen LogP) is 4.37. The summed E-state index contributed by atoms with van der Waals surface area (Å²) in [5.41, 5.74) is -0.0924. The second kappa shape index (κ2) is 13.2. The summed E-state index contributed by atoms with van der Waals surface area (Å²) in [7, 11) is -0.717. The van der Waals surface area contributed by atoms with Gasteiger partial charge in [-0.3, -0.25) is 14.8 Å². The van der Waals surface area contributed by atoms with Crippen LogP contribution in [-0.4, -0.2) is 67.2 Å². The van der Waals surface area contributed by atoms with Crippen molar-refractivity contribution < 1.29 is 26.5 Å². The molecule has 226 valence electrons. The lowest BCUT2D eigenvalue weighted by Gasteiger charge is -2.22. The molecule has 0 saturated carbocycles. The Labute approximate surface area is 245 Å². The summed E-state index contributed by atoms with van der Waals surface area (Å²) < 4.78 is 68.9. The summed E-state index contributed by atoms with van der Waals surface area (Å²) in [5.74, 6) is -1.39. The zero-order valence-electron chi connectivity index (χ0n) is 22.8. The van der Waals surface area contributed by atoms with Gasteiger partial charge in [0, 0.05) is 34.9 Å². The van der Waals surface area contributed by atoms with E-state index < -0.39 is 43.3 Å². The predicted molar refractivity (Wildman–Crippen MR) is 154 cm³/mol. The van der Waals surface area contributed by atoms with Crippen molar-refractivity contribution in [1.29, 1.82) is 0 Å². The molecule has 0 unspecified atom stereocenters. The number of anilines is 2. The minimum Gasteiger partial charge on any atom is -0.376 e. The molecule has 0 radical (unpaired) electrons. The van der Waals surface area contributed by atoms with E-state index >= 15 is 0 Å². The van der Waals surface area contributed by atoms with Crippen LogP contribution in [0.1, 0.15) is 23.5 Å². The number of nitro groups is 1. The number of nitrogens with zero attached hydrogens (tertiary/aromatic N) is 4. The molecule has 1 aromatic heterocycles. The molecular weight excluding hydrogens is 595 g/mol. The lowest BCUT2D eigenvalue weighted by Crippen LogP contribution is -2.29. The molecule has 0 bridgehead atoms. The fraction of sp³-hybridized carbons (Fsp3) is 0.385. The second-order valence-corrected chi connectivity index (χ2v) is 12.6. The number of fused-ring (bicyclic) bond motifs is 1. The smallest absolute Gasteiger partial charge is 0.376 e. The van der Waals surface area contributed by atoms with Crippen LogP contribution in [0.2, 0.25) is 0 Å². The van der Waals surface area contributed by atoms with E-state index in [4.69, 9.17) is 0 Å². The molecule has 4 rings (SSSR count). The molecule has 42 heavy (non-hydrogen) atoms. The van der Waals surface area contributed by atoms with Crippen molar-refractivity contribution in [1.82, 2.24) is 20.2 Å². The van der Waals surface area contributed by atoms with Gasteiger partial charge in [-0.25, -0.2) is 18.4 Å². The molecule has 0 aliphatic carbocycles. The Bertz CT molecular complexity index is 1520. The first-order valence-corrected chi connectivity index (χ1v) is 15.4. The molecule has 0 amide bonds. The van der Waals surface area contributed by atoms with Crippen LogP contribution in [0.5, 0.6) is 0 Å². The molecule has 1 aliphatic heterocycles. The summed E-state index contributed by atoms with van der Waals surface area (Å²) >= 11 is 1.58. The highest BCUT2D eigenvalue weighted by atomic mass is 32.2. The first-order valence-electron chi connectivity index (χ1n) is 12.9. The number of thioether (sulfide) groups is 1. The van der Waals surface area contributed by atoms with E-state index in [9.17, 15) is 31.7 Å². The van der Waals surface area contributed by atoms with Crippen molar-refractivity contribution in [2.24, 2.45) is 0 Å². The summed E-state index contributed by atoms with van der Waals surface area (Å²) in [4.78, 5) is 20.9. The fourth-order valence-electron chi connectivity index (χ4n) is 4.25. The van der Waals surface area contributed by atoms with Crippen LogP contribution in [0.4, 0.5) is 30.4 Å². The molecule has 0 spiro atoms. The fourth-order valence-corrected chi connectivity index (χ4v) is 6.30. The summed E-state index contributed by atoms with van der Waals surface area (Å²) in [6.07, 6.45) is -4.05.